The van der Waals surface area contributed by atoms with Crippen molar-refractivity contribution in [3.8, 4) is 5.75 Å². The number of hydrogen-bond acceptors (Lipinski definition) is 3. The van der Waals surface area contributed by atoms with E-state index in [0.29, 0.717) is 19.6 Å². The number of ether oxygens (including phenoxy) is 1. The Hall–Kier alpha value is -1.55. The molecule has 0 atom stereocenters. The van der Waals surface area contributed by atoms with E-state index in [0.717, 1.165) is 12.2 Å². The first kappa shape index (κ1) is 12.9. The van der Waals surface area contributed by atoms with Gasteiger partial charge >= 0.3 is 0 Å². The van der Waals surface area contributed by atoms with Gasteiger partial charge in [0.05, 0.1) is 19.6 Å². The van der Waals surface area contributed by atoms with Crippen molar-refractivity contribution in [1.29, 1.82) is 0 Å². The van der Waals surface area contributed by atoms with E-state index in [1.54, 1.807) is 0 Å². The normalized spacial score (nSPS) is 13.2. The molecule has 1 aromatic carbocycles. The molecule has 0 saturated carbocycles. The minimum absolute atomic E-state index is 0.0303. The Morgan fingerprint density at radius 1 is 1.33 bits per heavy atom. The van der Waals surface area contributed by atoms with E-state index in [-0.39, 0.29) is 12.5 Å². The highest BCUT2D eigenvalue weighted by Crippen LogP contribution is 2.25. The smallest absolute Gasteiger partial charge is 0.223 e. The lowest BCUT2D eigenvalue weighted by atomic mass is 10.1. The first-order valence-corrected chi connectivity index (χ1v) is 6.42. The van der Waals surface area contributed by atoms with Gasteiger partial charge in [-0.05, 0) is 42.5 Å². The number of aryl methyl sites for hydroxylation is 2. The van der Waals surface area contributed by atoms with E-state index in [1.807, 2.05) is 6.07 Å². The molecule has 2 rings (SSSR count). The summed E-state index contributed by atoms with van der Waals surface area (Å²) in [6, 6.07) is 6.16. The van der Waals surface area contributed by atoms with Gasteiger partial charge in [0, 0.05) is 6.54 Å². The number of fused-ring (bicyclic) bond motifs is 1. The van der Waals surface area contributed by atoms with Crippen LogP contribution in [0.15, 0.2) is 18.2 Å². The summed E-state index contributed by atoms with van der Waals surface area (Å²) in [7, 11) is 0. The maximum Gasteiger partial charge on any atom is 0.223 e. The highest BCUT2D eigenvalue weighted by atomic mass is 16.5. The largest absolute Gasteiger partial charge is 0.493 e. The summed E-state index contributed by atoms with van der Waals surface area (Å²) in [6.07, 6.45) is 3.84. The van der Waals surface area contributed by atoms with Crippen molar-refractivity contribution in [2.24, 2.45) is 0 Å². The van der Waals surface area contributed by atoms with E-state index in [1.165, 1.54) is 24.0 Å². The van der Waals surface area contributed by atoms with E-state index in [2.05, 4.69) is 17.4 Å². The van der Waals surface area contributed by atoms with Crippen molar-refractivity contribution in [1.82, 2.24) is 5.32 Å². The zero-order valence-electron chi connectivity index (χ0n) is 10.4. The van der Waals surface area contributed by atoms with Crippen molar-refractivity contribution in [2.75, 3.05) is 19.8 Å². The molecule has 1 aliphatic carbocycles. The number of nitrogens with one attached hydrogen (secondary N) is 1. The summed E-state index contributed by atoms with van der Waals surface area (Å²) in [4.78, 5) is 11.3. The van der Waals surface area contributed by atoms with Crippen molar-refractivity contribution in [2.45, 2.75) is 25.7 Å². The van der Waals surface area contributed by atoms with Crippen LogP contribution in [0.5, 0.6) is 5.75 Å². The fourth-order valence-corrected chi connectivity index (χ4v) is 2.18. The molecule has 0 radical (unpaired) electrons. The third-order valence-electron chi connectivity index (χ3n) is 3.10. The van der Waals surface area contributed by atoms with Crippen LogP contribution in [0.4, 0.5) is 0 Å². The fourth-order valence-electron chi connectivity index (χ4n) is 2.18. The Balaban J connectivity index is 1.75. The molecular weight excluding hydrogens is 230 g/mol. The van der Waals surface area contributed by atoms with Crippen LogP contribution in [-0.2, 0) is 17.6 Å². The van der Waals surface area contributed by atoms with E-state index in [9.17, 15) is 4.79 Å². The summed E-state index contributed by atoms with van der Waals surface area (Å²) in [6.45, 7) is 0.644. The average Bonchev–Trinajstić information content (AvgIpc) is 2.83. The molecule has 0 aliphatic heterocycles. The second-order valence-electron chi connectivity index (χ2n) is 4.46. The molecule has 1 amide bonds. The third kappa shape index (κ3) is 3.47. The first-order valence-electron chi connectivity index (χ1n) is 6.42. The maximum atomic E-state index is 11.3. The van der Waals surface area contributed by atoms with Crippen LogP contribution < -0.4 is 10.1 Å². The number of amides is 1. The lowest BCUT2D eigenvalue weighted by Crippen LogP contribution is -2.27. The summed E-state index contributed by atoms with van der Waals surface area (Å²) in [5.41, 5.74) is 2.79. The molecule has 18 heavy (non-hydrogen) atoms. The monoisotopic (exact) mass is 249 g/mol. The molecule has 1 aromatic rings. The van der Waals surface area contributed by atoms with Gasteiger partial charge in [0.25, 0.3) is 0 Å². The van der Waals surface area contributed by atoms with Crippen LogP contribution in [0.1, 0.15) is 24.0 Å². The van der Waals surface area contributed by atoms with Gasteiger partial charge in [-0.25, -0.2) is 0 Å². The molecule has 0 unspecified atom stereocenters. The molecule has 0 aromatic heterocycles. The van der Waals surface area contributed by atoms with Gasteiger partial charge < -0.3 is 15.2 Å². The second-order valence-corrected chi connectivity index (χ2v) is 4.46. The van der Waals surface area contributed by atoms with Crippen molar-refractivity contribution in [3.63, 3.8) is 0 Å². The highest BCUT2D eigenvalue weighted by molar-refractivity contribution is 5.75. The Labute approximate surface area is 107 Å². The minimum Gasteiger partial charge on any atom is -0.493 e. The Bertz CT molecular complexity index is 418. The summed E-state index contributed by atoms with van der Waals surface area (Å²) in [5.74, 6) is 0.746. The van der Waals surface area contributed by atoms with Gasteiger partial charge in [-0.1, -0.05) is 6.07 Å². The van der Waals surface area contributed by atoms with Gasteiger partial charge in [0.1, 0.15) is 5.75 Å². The quantitative estimate of drug-likeness (QED) is 0.792. The number of carbonyl (C=O) groups is 1. The van der Waals surface area contributed by atoms with E-state index in [4.69, 9.17) is 9.84 Å². The summed E-state index contributed by atoms with van der Waals surface area (Å²) >= 11 is 0. The molecule has 0 fully saturated rings. The van der Waals surface area contributed by atoms with Crippen LogP contribution in [0.25, 0.3) is 0 Å². The predicted molar refractivity (Wildman–Crippen MR) is 68.7 cm³/mol. The summed E-state index contributed by atoms with van der Waals surface area (Å²) < 4.78 is 5.56. The molecule has 0 heterocycles. The Morgan fingerprint density at radius 2 is 2.17 bits per heavy atom. The lowest BCUT2D eigenvalue weighted by molar-refractivity contribution is -0.121. The number of carbonyl (C=O) groups excluding carboxylic acids is 1. The zero-order chi connectivity index (χ0) is 12.8. The Morgan fingerprint density at radius 3 is 3.00 bits per heavy atom. The molecule has 4 heteroatoms. The van der Waals surface area contributed by atoms with Crippen LogP contribution in [0.2, 0.25) is 0 Å². The van der Waals surface area contributed by atoms with Gasteiger partial charge in [0.2, 0.25) is 5.91 Å². The van der Waals surface area contributed by atoms with Crippen LogP contribution in [0.3, 0.4) is 0 Å². The van der Waals surface area contributed by atoms with Crippen molar-refractivity contribution in [3.05, 3.63) is 29.3 Å². The molecule has 98 valence electrons. The second kappa shape index (κ2) is 6.40. The average molecular weight is 249 g/mol. The maximum absolute atomic E-state index is 11.3. The minimum atomic E-state index is -0.0924. The number of aliphatic hydroxyl groups is 1. The fraction of sp³-hybridized carbons (Fsp3) is 0.500. The molecular formula is C14H19NO3. The predicted octanol–water partition coefficient (Wildman–Crippen LogP) is 1.05. The number of rotatable bonds is 6. The van der Waals surface area contributed by atoms with Gasteiger partial charge in [-0.15, -0.1) is 0 Å². The van der Waals surface area contributed by atoms with Crippen LogP contribution in [-0.4, -0.2) is 30.8 Å². The van der Waals surface area contributed by atoms with Crippen molar-refractivity contribution < 1.29 is 14.6 Å². The van der Waals surface area contributed by atoms with E-state index < -0.39 is 0 Å². The Kier molecular flexibility index (Phi) is 4.59. The zero-order valence-corrected chi connectivity index (χ0v) is 10.4. The highest BCUT2D eigenvalue weighted by Gasteiger charge is 2.11. The number of hydrogen-bond donors (Lipinski definition) is 2. The van der Waals surface area contributed by atoms with Crippen molar-refractivity contribution >= 4 is 5.91 Å². The first-order chi connectivity index (χ1) is 8.79. The standard InChI is InChI=1S/C14H19NO3/c16-8-7-15-14(17)6-9-18-13-5-4-11-2-1-3-12(11)10-13/h4-5,10,16H,1-3,6-9H2,(H,15,17). The number of benzene rings is 1. The lowest BCUT2D eigenvalue weighted by Gasteiger charge is -2.08. The van der Waals surface area contributed by atoms with Gasteiger partial charge in [-0.3, -0.25) is 4.79 Å². The molecule has 1 aliphatic rings. The molecule has 2 N–H and O–H groups in total. The molecule has 4 nitrogen and oxygen atoms in total. The third-order valence-corrected chi connectivity index (χ3v) is 3.10. The number of aliphatic hydroxyl groups excluding tert-OH is 1. The SMILES string of the molecule is O=C(CCOc1ccc2c(c1)CCC2)NCCO. The van der Waals surface area contributed by atoms with Gasteiger partial charge in [0.15, 0.2) is 0 Å². The van der Waals surface area contributed by atoms with Crippen LogP contribution >= 0.6 is 0 Å². The topological polar surface area (TPSA) is 58.6 Å². The van der Waals surface area contributed by atoms with Gasteiger partial charge in [-0.2, -0.15) is 0 Å². The molecule has 0 spiro atoms. The van der Waals surface area contributed by atoms with Crippen LogP contribution in [0, 0.1) is 0 Å². The summed E-state index contributed by atoms with van der Waals surface area (Å²) in [5, 5.41) is 11.2. The van der Waals surface area contributed by atoms with E-state index >= 15 is 0 Å². The molecule has 0 bridgehead atoms. The molecule has 0 saturated heterocycles.